The minimum Gasteiger partial charge on any atom is -0.481 e. The average Bonchev–Trinajstić information content (AvgIpc) is 2.39. The van der Waals surface area contributed by atoms with Gasteiger partial charge in [0.25, 0.3) is 5.91 Å². The molecule has 1 amide bonds. The zero-order valence-electron chi connectivity index (χ0n) is 10.3. The van der Waals surface area contributed by atoms with Crippen LogP contribution in [0.3, 0.4) is 0 Å². The first-order chi connectivity index (χ1) is 8.66. The van der Waals surface area contributed by atoms with Gasteiger partial charge in [-0.15, -0.1) is 0 Å². The van der Waals surface area contributed by atoms with Crippen molar-refractivity contribution in [2.24, 2.45) is 0 Å². The van der Waals surface area contributed by atoms with E-state index >= 15 is 0 Å². The molecular weight excluding hydrogens is 237 g/mol. The summed E-state index contributed by atoms with van der Waals surface area (Å²) >= 11 is 0. The second-order valence-corrected chi connectivity index (χ2v) is 4.16. The Morgan fingerprint density at radius 2 is 2.17 bits per heavy atom. The van der Waals surface area contributed by atoms with Gasteiger partial charge in [-0.05, 0) is 19.1 Å². The highest BCUT2D eigenvalue weighted by molar-refractivity contribution is 5.81. The van der Waals surface area contributed by atoms with Crippen LogP contribution >= 0.6 is 0 Å². The third-order valence-corrected chi connectivity index (χ3v) is 2.78. The minimum atomic E-state index is -0.620. The van der Waals surface area contributed by atoms with Gasteiger partial charge in [0.1, 0.15) is 11.6 Å². The van der Waals surface area contributed by atoms with Crippen molar-refractivity contribution in [2.45, 2.75) is 13.0 Å². The molecule has 2 rings (SSSR count). The van der Waals surface area contributed by atoms with E-state index < -0.39 is 6.10 Å². The summed E-state index contributed by atoms with van der Waals surface area (Å²) in [7, 11) is 0. The number of amides is 1. The van der Waals surface area contributed by atoms with Crippen LogP contribution in [0.25, 0.3) is 0 Å². The summed E-state index contributed by atoms with van der Waals surface area (Å²) in [6.45, 7) is 3.94. The van der Waals surface area contributed by atoms with Crippen molar-refractivity contribution < 1.29 is 18.7 Å². The molecule has 4 nitrogen and oxygen atoms in total. The lowest BCUT2D eigenvalue weighted by atomic mass is 10.3. The van der Waals surface area contributed by atoms with Crippen molar-refractivity contribution in [1.29, 1.82) is 0 Å². The van der Waals surface area contributed by atoms with Gasteiger partial charge in [-0.25, -0.2) is 4.39 Å². The molecule has 0 bridgehead atoms. The van der Waals surface area contributed by atoms with E-state index in [1.54, 1.807) is 24.0 Å². The molecule has 0 N–H and O–H groups in total. The predicted octanol–water partition coefficient (Wildman–Crippen LogP) is 1.45. The van der Waals surface area contributed by atoms with Crippen molar-refractivity contribution in [3.05, 3.63) is 30.1 Å². The summed E-state index contributed by atoms with van der Waals surface area (Å²) in [6.07, 6.45) is -0.620. The van der Waals surface area contributed by atoms with E-state index in [1.807, 2.05) is 0 Å². The number of morpholine rings is 1. The Hall–Kier alpha value is -1.62. The fourth-order valence-corrected chi connectivity index (χ4v) is 1.84. The molecule has 0 spiro atoms. The van der Waals surface area contributed by atoms with E-state index in [4.69, 9.17) is 9.47 Å². The zero-order valence-corrected chi connectivity index (χ0v) is 10.3. The quantitative estimate of drug-likeness (QED) is 0.818. The molecular formula is C13H16FNO3. The Kier molecular flexibility index (Phi) is 4.15. The Bertz CT molecular complexity index is 418. The number of rotatable bonds is 3. The Morgan fingerprint density at radius 1 is 1.44 bits per heavy atom. The molecule has 0 aromatic heterocycles. The first-order valence-electron chi connectivity index (χ1n) is 5.95. The van der Waals surface area contributed by atoms with Gasteiger partial charge in [-0.3, -0.25) is 4.79 Å². The number of benzene rings is 1. The lowest BCUT2D eigenvalue weighted by molar-refractivity contribution is -0.142. The van der Waals surface area contributed by atoms with E-state index in [0.29, 0.717) is 32.1 Å². The number of hydrogen-bond donors (Lipinski definition) is 0. The number of carbonyl (C=O) groups is 1. The van der Waals surface area contributed by atoms with E-state index in [2.05, 4.69) is 0 Å². The van der Waals surface area contributed by atoms with Crippen molar-refractivity contribution in [2.75, 3.05) is 26.3 Å². The molecule has 1 aromatic carbocycles. The standard InChI is InChI=1S/C13H16FNO3/c1-10(13(16)15-5-7-17-8-6-15)18-12-4-2-3-11(14)9-12/h2-4,9-10H,5-8H2,1H3/t10-/m0/s1. The predicted molar refractivity (Wildman–Crippen MR) is 63.9 cm³/mol. The summed E-state index contributed by atoms with van der Waals surface area (Å²) in [5.41, 5.74) is 0. The SMILES string of the molecule is C[C@H](Oc1cccc(F)c1)C(=O)N1CCOCC1. The second-order valence-electron chi connectivity index (χ2n) is 4.16. The highest BCUT2D eigenvalue weighted by Crippen LogP contribution is 2.15. The van der Waals surface area contributed by atoms with Crippen molar-refractivity contribution >= 4 is 5.91 Å². The largest absolute Gasteiger partial charge is 0.481 e. The average molecular weight is 253 g/mol. The number of ether oxygens (including phenoxy) is 2. The van der Waals surface area contributed by atoms with Crippen LogP contribution in [0.1, 0.15) is 6.92 Å². The molecule has 1 fully saturated rings. The van der Waals surface area contributed by atoms with Gasteiger partial charge in [0.2, 0.25) is 0 Å². The fraction of sp³-hybridized carbons (Fsp3) is 0.462. The van der Waals surface area contributed by atoms with Crippen molar-refractivity contribution in [3.63, 3.8) is 0 Å². The van der Waals surface area contributed by atoms with Crippen LogP contribution in [0.2, 0.25) is 0 Å². The van der Waals surface area contributed by atoms with Crippen molar-refractivity contribution in [3.8, 4) is 5.75 Å². The molecule has 1 aromatic rings. The molecule has 1 atom stereocenters. The molecule has 5 heteroatoms. The van der Waals surface area contributed by atoms with Crippen LogP contribution in [0.15, 0.2) is 24.3 Å². The minimum absolute atomic E-state index is 0.0949. The molecule has 0 aliphatic carbocycles. The topological polar surface area (TPSA) is 38.8 Å². The summed E-state index contributed by atoms with van der Waals surface area (Å²) in [6, 6.07) is 5.78. The molecule has 1 saturated heterocycles. The summed E-state index contributed by atoms with van der Waals surface area (Å²) < 4.78 is 23.6. The van der Waals surface area contributed by atoms with Crippen LogP contribution in [0, 0.1) is 5.82 Å². The van der Waals surface area contributed by atoms with Gasteiger partial charge in [0, 0.05) is 19.2 Å². The van der Waals surface area contributed by atoms with E-state index in [-0.39, 0.29) is 11.7 Å². The van der Waals surface area contributed by atoms with E-state index in [9.17, 15) is 9.18 Å². The van der Waals surface area contributed by atoms with Crippen LogP contribution in [0.5, 0.6) is 5.75 Å². The number of nitrogens with zero attached hydrogens (tertiary/aromatic N) is 1. The van der Waals surface area contributed by atoms with Gasteiger partial charge < -0.3 is 14.4 Å². The summed E-state index contributed by atoms with van der Waals surface area (Å²) in [5, 5.41) is 0. The lowest BCUT2D eigenvalue weighted by Crippen LogP contribution is -2.46. The van der Waals surface area contributed by atoms with Crippen LogP contribution in [0.4, 0.5) is 4.39 Å². The van der Waals surface area contributed by atoms with Crippen LogP contribution < -0.4 is 4.74 Å². The number of halogens is 1. The molecule has 1 aliphatic heterocycles. The van der Waals surface area contributed by atoms with Crippen LogP contribution in [-0.2, 0) is 9.53 Å². The maximum absolute atomic E-state index is 13.0. The first-order valence-corrected chi connectivity index (χ1v) is 5.95. The van der Waals surface area contributed by atoms with Crippen LogP contribution in [-0.4, -0.2) is 43.2 Å². The zero-order chi connectivity index (χ0) is 13.0. The monoisotopic (exact) mass is 253 g/mol. The molecule has 0 radical (unpaired) electrons. The van der Waals surface area contributed by atoms with Gasteiger partial charge in [-0.2, -0.15) is 0 Å². The normalized spacial score (nSPS) is 17.3. The molecule has 1 heterocycles. The Morgan fingerprint density at radius 3 is 2.83 bits per heavy atom. The summed E-state index contributed by atoms with van der Waals surface area (Å²) in [5.74, 6) is -0.106. The molecule has 98 valence electrons. The van der Waals surface area contributed by atoms with Gasteiger partial charge in [0.05, 0.1) is 13.2 Å². The molecule has 18 heavy (non-hydrogen) atoms. The highest BCUT2D eigenvalue weighted by atomic mass is 19.1. The van der Waals surface area contributed by atoms with Gasteiger partial charge in [-0.1, -0.05) is 6.07 Å². The van der Waals surface area contributed by atoms with E-state index in [1.165, 1.54) is 12.1 Å². The molecule has 0 saturated carbocycles. The first kappa shape index (κ1) is 12.8. The van der Waals surface area contributed by atoms with Crippen molar-refractivity contribution in [1.82, 2.24) is 4.90 Å². The lowest BCUT2D eigenvalue weighted by Gasteiger charge is -2.29. The Balaban J connectivity index is 1.94. The maximum atomic E-state index is 13.0. The van der Waals surface area contributed by atoms with Gasteiger partial charge >= 0.3 is 0 Å². The maximum Gasteiger partial charge on any atom is 0.263 e. The number of hydrogen-bond acceptors (Lipinski definition) is 3. The van der Waals surface area contributed by atoms with E-state index in [0.717, 1.165) is 0 Å². The Labute approximate surface area is 105 Å². The number of carbonyl (C=O) groups excluding carboxylic acids is 1. The third-order valence-electron chi connectivity index (χ3n) is 2.78. The fourth-order valence-electron chi connectivity index (χ4n) is 1.84. The summed E-state index contributed by atoms with van der Waals surface area (Å²) in [4.78, 5) is 13.7. The van der Waals surface area contributed by atoms with Gasteiger partial charge in [0.15, 0.2) is 6.10 Å². The second kappa shape index (κ2) is 5.82. The third kappa shape index (κ3) is 3.20. The smallest absolute Gasteiger partial charge is 0.263 e. The highest BCUT2D eigenvalue weighted by Gasteiger charge is 2.23. The molecule has 1 aliphatic rings. The molecule has 0 unspecified atom stereocenters.